The van der Waals surface area contributed by atoms with Crippen LogP contribution in [0.25, 0.3) is 6.08 Å². The summed E-state index contributed by atoms with van der Waals surface area (Å²) >= 11 is 7.83. The van der Waals surface area contributed by atoms with Crippen molar-refractivity contribution in [2.75, 3.05) is 21.3 Å². The van der Waals surface area contributed by atoms with Crippen molar-refractivity contribution in [3.8, 4) is 11.5 Å². The summed E-state index contributed by atoms with van der Waals surface area (Å²) in [6.45, 7) is 2.64. The maximum Gasteiger partial charge on any atom is 0.246 e. The topological polar surface area (TPSA) is 38.8 Å². The van der Waals surface area contributed by atoms with Gasteiger partial charge in [-0.25, -0.2) is 0 Å². The van der Waals surface area contributed by atoms with Crippen molar-refractivity contribution in [1.29, 1.82) is 0 Å². The lowest BCUT2D eigenvalue weighted by atomic mass is 10.2. The zero-order chi connectivity index (χ0) is 17.7. The zero-order valence-electron chi connectivity index (χ0n) is 14.1. The Morgan fingerprint density at radius 3 is 2.67 bits per heavy atom. The monoisotopic (exact) mass is 365 g/mol. The van der Waals surface area contributed by atoms with Gasteiger partial charge in [0.05, 0.1) is 25.8 Å². The molecule has 0 atom stereocenters. The molecule has 128 valence electrons. The van der Waals surface area contributed by atoms with Crippen LogP contribution in [0.2, 0.25) is 5.02 Å². The number of carbonyl (C=O) groups excluding carboxylic acids is 1. The van der Waals surface area contributed by atoms with Gasteiger partial charge in [-0.1, -0.05) is 11.6 Å². The molecule has 2 aromatic rings. The number of hydrogen-bond acceptors (Lipinski definition) is 4. The van der Waals surface area contributed by atoms with E-state index < -0.39 is 0 Å². The molecule has 0 saturated heterocycles. The number of nitrogens with zero attached hydrogens (tertiary/aromatic N) is 1. The Kier molecular flexibility index (Phi) is 6.29. The molecule has 1 amide bonds. The van der Waals surface area contributed by atoms with Gasteiger partial charge >= 0.3 is 0 Å². The Balaban J connectivity index is 2.11. The molecule has 1 aromatic carbocycles. The summed E-state index contributed by atoms with van der Waals surface area (Å²) in [4.78, 5) is 15.1. The number of rotatable bonds is 6. The molecule has 0 saturated carbocycles. The second-order valence-electron chi connectivity index (χ2n) is 5.29. The van der Waals surface area contributed by atoms with Gasteiger partial charge in [-0.3, -0.25) is 4.79 Å². The van der Waals surface area contributed by atoms with Gasteiger partial charge in [0.15, 0.2) is 11.5 Å². The Bertz CT molecular complexity index is 755. The summed E-state index contributed by atoms with van der Waals surface area (Å²) in [7, 11) is 4.86. The molecule has 24 heavy (non-hydrogen) atoms. The number of amides is 1. The maximum absolute atomic E-state index is 12.3. The highest BCUT2D eigenvalue weighted by molar-refractivity contribution is 7.10. The van der Waals surface area contributed by atoms with Crippen molar-refractivity contribution in [3.63, 3.8) is 0 Å². The smallest absolute Gasteiger partial charge is 0.246 e. The van der Waals surface area contributed by atoms with E-state index in [0.29, 0.717) is 23.1 Å². The number of likely N-dealkylation sites (N-methyl/N-ethyl adjacent to an activating group) is 1. The van der Waals surface area contributed by atoms with Gasteiger partial charge in [0.1, 0.15) is 0 Å². The fraction of sp³-hybridized carbons (Fsp3) is 0.278. The van der Waals surface area contributed by atoms with Gasteiger partial charge in [0.2, 0.25) is 5.91 Å². The third kappa shape index (κ3) is 4.30. The van der Waals surface area contributed by atoms with Crippen LogP contribution in [0, 0.1) is 6.92 Å². The predicted molar refractivity (Wildman–Crippen MR) is 99.1 cm³/mol. The van der Waals surface area contributed by atoms with Crippen molar-refractivity contribution in [2.45, 2.75) is 13.5 Å². The molecule has 2 rings (SSSR count). The molecular weight excluding hydrogens is 346 g/mol. The van der Waals surface area contributed by atoms with Gasteiger partial charge in [-0.05, 0) is 47.7 Å². The maximum atomic E-state index is 12.3. The number of hydrogen-bond donors (Lipinski definition) is 0. The van der Waals surface area contributed by atoms with Gasteiger partial charge in [0.25, 0.3) is 0 Å². The first-order valence-electron chi connectivity index (χ1n) is 7.34. The number of carbonyl (C=O) groups is 1. The molecule has 0 N–H and O–H groups in total. The van der Waals surface area contributed by atoms with Crippen LogP contribution in [0.1, 0.15) is 16.0 Å². The fourth-order valence-corrected chi connectivity index (χ4v) is 3.44. The first-order valence-corrected chi connectivity index (χ1v) is 8.59. The summed E-state index contributed by atoms with van der Waals surface area (Å²) in [6.07, 6.45) is 3.24. The summed E-state index contributed by atoms with van der Waals surface area (Å²) in [5.41, 5.74) is 1.97. The number of benzene rings is 1. The largest absolute Gasteiger partial charge is 0.493 e. The van der Waals surface area contributed by atoms with Crippen molar-refractivity contribution >= 4 is 34.9 Å². The van der Waals surface area contributed by atoms with Gasteiger partial charge < -0.3 is 14.4 Å². The summed E-state index contributed by atoms with van der Waals surface area (Å²) in [5.74, 6) is 0.932. The van der Waals surface area contributed by atoms with Crippen LogP contribution in [-0.4, -0.2) is 32.1 Å². The first kappa shape index (κ1) is 18.4. The molecule has 4 nitrogen and oxygen atoms in total. The van der Waals surface area contributed by atoms with Crippen molar-refractivity contribution in [2.24, 2.45) is 0 Å². The van der Waals surface area contributed by atoms with Crippen LogP contribution in [0.3, 0.4) is 0 Å². The number of ether oxygens (including phenoxy) is 2. The minimum absolute atomic E-state index is 0.0753. The Labute approximate surface area is 151 Å². The predicted octanol–water partition coefficient (Wildman–Crippen LogP) is 4.40. The van der Waals surface area contributed by atoms with Crippen LogP contribution in [0.15, 0.2) is 29.7 Å². The Morgan fingerprint density at radius 2 is 2.08 bits per heavy atom. The van der Waals surface area contributed by atoms with Crippen molar-refractivity contribution in [3.05, 3.63) is 50.7 Å². The van der Waals surface area contributed by atoms with Crippen molar-refractivity contribution < 1.29 is 14.3 Å². The fourth-order valence-electron chi connectivity index (χ4n) is 2.19. The summed E-state index contributed by atoms with van der Waals surface area (Å²) < 4.78 is 10.5. The molecule has 1 heterocycles. The highest BCUT2D eigenvalue weighted by Gasteiger charge is 2.11. The second kappa shape index (κ2) is 8.22. The molecule has 0 aliphatic rings. The third-order valence-electron chi connectivity index (χ3n) is 3.60. The summed E-state index contributed by atoms with van der Waals surface area (Å²) in [5, 5.41) is 2.47. The third-order valence-corrected chi connectivity index (χ3v) is 4.89. The quantitative estimate of drug-likeness (QED) is 0.712. The summed E-state index contributed by atoms with van der Waals surface area (Å²) in [6, 6.07) is 5.56. The number of halogens is 1. The van der Waals surface area contributed by atoms with E-state index in [1.54, 1.807) is 48.6 Å². The van der Waals surface area contributed by atoms with E-state index in [1.807, 2.05) is 12.3 Å². The van der Waals surface area contributed by atoms with Gasteiger partial charge in [-0.2, -0.15) is 0 Å². The average Bonchev–Trinajstić information content (AvgIpc) is 2.96. The SMILES string of the molecule is COc1cc(/C=C/C(=O)N(C)Cc2sccc2C)cc(Cl)c1OC. The second-order valence-corrected chi connectivity index (χ2v) is 6.70. The number of aryl methyl sites for hydroxylation is 1. The molecule has 6 heteroatoms. The molecular formula is C18H20ClNO3S. The highest BCUT2D eigenvalue weighted by atomic mass is 35.5. The van der Waals surface area contributed by atoms with Crippen molar-refractivity contribution in [1.82, 2.24) is 4.90 Å². The van der Waals surface area contributed by atoms with E-state index in [2.05, 4.69) is 6.07 Å². The minimum atomic E-state index is -0.0753. The lowest BCUT2D eigenvalue weighted by Crippen LogP contribution is -2.23. The minimum Gasteiger partial charge on any atom is -0.493 e. The van der Waals surface area contributed by atoms with E-state index in [9.17, 15) is 4.79 Å². The molecule has 1 aromatic heterocycles. The van der Waals surface area contributed by atoms with Crippen LogP contribution in [0.4, 0.5) is 0 Å². The van der Waals surface area contributed by atoms with E-state index in [0.717, 1.165) is 5.56 Å². The van der Waals surface area contributed by atoms with Crippen LogP contribution in [-0.2, 0) is 11.3 Å². The average molecular weight is 366 g/mol. The first-order chi connectivity index (χ1) is 11.5. The standard InChI is InChI=1S/C18H20ClNO3S/c1-12-7-8-24-16(12)11-20(2)17(21)6-5-13-9-14(19)18(23-4)15(10-13)22-3/h5-10H,11H2,1-4H3/b6-5+. The normalized spacial score (nSPS) is 10.9. The van der Waals surface area contributed by atoms with E-state index >= 15 is 0 Å². The van der Waals surface area contributed by atoms with E-state index in [-0.39, 0.29) is 5.91 Å². The van der Waals surface area contributed by atoms with Crippen LogP contribution >= 0.6 is 22.9 Å². The molecule has 0 bridgehead atoms. The Morgan fingerprint density at radius 1 is 1.33 bits per heavy atom. The van der Waals surface area contributed by atoms with E-state index in [1.165, 1.54) is 23.6 Å². The zero-order valence-corrected chi connectivity index (χ0v) is 15.7. The lowest BCUT2D eigenvalue weighted by Gasteiger charge is -2.14. The Hall–Kier alpha value is -1.98. The molecule has 0 unspecified atom stereocenters. The van der Waals surface area contributed by atoms with Gasteiger partial charge in [-0.15, -0.1) is 11.3 Å². The van der Waals surface area contributed by atoms with Crippen LogP contribution < -0.4 is 9.47 Å². The molecule has 0 fully saturated rings. The van der Waals surface area contributed by atoms with Gasteiger partial charge in [0, 0.05) is 18.0 Å². The molecule has 0 aliphatic heterocycles. The molecule has 0 aliphatic carbocycles. The highest BCUT2D eigenvalue weighted by Crippen LogP contribution is 2.36. The lowest BCUT2D eigenvalue weighted by molar-refractivity contribution is -0.125. The number of thiophene rings is 1. The number of methoxy groups -OCH3 is 2. The van der Waals surface area contributed by atoms with E-state index in [4.69, 9.17) is 21.1 Å². The van der Waals surface area contributed by atoms with Crippen LogP contribution in [0.5, 0.6) is 11.5 Å². The molecule has 0 spiro atoms. The molecule has 0 radical (unpaired) electrons.